The van der Waals surface area contributed by atoms with E-state index >= 15 is 0 Å². The van der Waals surface area contributed by atoms with Gasteiger partial charge in [0.1, 0.15) is 0 Å². The molecular weight excluding hydrogens is 581 g/mol. The molecule has 0 spiro atoms. The van der Waals surface area contributed by atoms with Crippen LogP contribution in [0, 0.1) is 0 Å². The Bertz CT molecular complexity index is 472. The Kier molecular flexibility index (Phi) is 27.9. The van der Waals surface area contributed by atoms with Gasteiger partial charge in [-0.1, -0.05) is 80.1 Å². The maximum atomic E-state index is 6.71. The van der Waals surface area contributed by atoms with Gasteiger partial charge >= 0.3 is 27.4 Å². The van der Waals surface area contributed by atoms with Gasteiger partial charge < -0.3 is 44.3 Å². The number of hydrogen-bond donors (Lipinski definition) is 0. The fraction of sp³-hybridized carbons (Fsp3) is 1.00. The van der Waals surface area contributed by atoms with Gasteiger partial charge in [0.2, 0.25) is 0 Å². The molecular formula is C28H64O10Si3. The Labute approximate surface area is 256 Å². The molecule has 0 bridgehead atoms. The molecule has 13 heteroatoms. The van der Waals surface area contributed by atoms with Gasteiger partial charge in [-0.05, 0) is 45.4 Å². The minimum atomic E-state index is -3.69. The SMILES string of the molecule is CCCCO[Si](OCCCC)(OCCCC)OC(O[Si](OCCCC)(OCCCC)OCCCC)[SiH](OC)OCC. The Morgan fingerprint density at radius 3 is 0.927 bits per heavy atom. The molecule has 10 nitrogen and oxygen atoms in total. The Morgan fingerprint density at radius 1 is 0.463 bits per heavy atom. The molecule has 248 valence electrons. The maximum absolute atomic E-state index is 6.71. The molecule has 0 saturated heterocycles. The van der Waals surface area contributed by atoms with Crippen molar-refractivity contribution in [3.63, 3.8) is 0 Å². The molecule has 0 aliphatic carbocycles. The number of rotatable bonds is 32. The van der Waals surface area contributed by atoms with E-state index in [-0.39, 0.29) is 0 Å². The van der Waals surface area contributed by atoms with E-state index in [2.05, 4.69) is 41.5 Å². The molecule has 0 aliphatic heterocycles. The van der Waals surface area contributed by atoms with Crippen LogP contribution >= 0.6 is 0 Å². The molecule has 41 heavy (non-hydrogen) atoms. The third-order valence-corrected chi connectivity index (χ3v) is 12.7. The van der Waals surface area contributed by atoms with Crippen molar-refractivity contribution in [1.82, 2.24) is 0 Å². The van der Waals surface area contributed by atoms with Crippen LogP contribution in [0.3, 0.4) is 0 Å². The van der Waals surface area contributed by atoms with E-state index in [9.17, 15) is 0 Å². The van der Waals surface area contributed by atoms with Crippen LogP contribution in [0.2, 0.25) is 0 Å². The van der Waals surface area contributed by atoms with Crippen LogP contribution in [-0.4, -0.2) is 86.7 Å². The van der Waals surface area contributed by atoms with E-state index < -0.39 is 33.3 Å². The van der Waals surface area contributed by atoms with Crippen molar-refractivity contribution in [1.29, 1.82) is 0 Å². The van der Waals surface area contributed by atoms with E-state index in [0.29, 0.717) is 46.2 Å². The van der Waals surface area contributed by atoms with E-state index in [1.807, 2.05) is 6.92 Å². The summed E-state index contributed by atoms with van der Waals surface area (Å²) in [7, 11) is -8.39. The van der Waals surface area contributed by atoms with Crippen LogP contribution in [-0.2, 0) is 44.3 Å². The molecule has 0 fully saturated rings. The first-order valence-electron chi connectivity index (χ1n) is 16.3. The molecule has 0 amide bonds. The first-order chi connectivity index (χ1) is 20.0. The highest BCUT2D eigenvalue weighted by molar-refractivity contribution is 6.58. The summed E-state index contributed by atoms with van der Waals surface area (Å²) in [5.74, 6) is -0.993. The second kappa shape index (κ2) is 27.8. The lowest BCUT2D eigenvalue weighted by Crippen LogP contribution is -2.61. The van der Waals surface area contributed by atoms with Crippen molar-refractivity contribution >= 4 is 27.4 Å². The summed E-state index contributed by atoms with van der Waals surface area (Å²) in [4.78, 5) is 0. The summed E-state index contributed by atoms with van der Waals surface area (Å²) in [6.45, 7) is 17.8. The Balaban J connectivity index is 6.54. The quantitative estimate of drug-likeness (QED) is 0.0455. The van der Waals surface area contributed by atoms with Crippen LogP contribution < -0.4 is 0 Å². The standard InChI is InChI=1S/C28H64O10Si3/c1-9-16-22-31-40(32-23-17-10-2,33-24-18-11-3)37-28(39(29-8)30-15-7)38-41(34-25-19-12-4,35-26-20-13-5)36-27-21-14-6/h28,39H,9-27H2,1-8H3. The summed E-state index contributed by atoms with van der Waals surface area (Å²) < 4.78 is 63.6. The highest BCUT2D eigenvalue weighted by Gasteiger charge is 2.56. The molecule has 0 aromatic rings. The third-order valence-electron chi connectivity index (χ3n) is 5.97. The lowest BCUT2D eigenvalue weighted by atomic mass is 10.4. The van der Waals surface area contributed by atoms with Gasteiger partial charge in [0.05, 0.1) is 0 Å². The summed E-state index contributed by atoms with van der Waals surface area (Å²) >= 11 is 0. The highest BCUT2D eigenvalue weighted by atomic mass is 28.4. The van der Waals surface area contributed by atoms with Crippen LogP contribution in [0.4, 0.5) is 0 Å². The van der Waals surface area contributed by atoms with Crippen LogP contribution in [0.25, 0.3) is 0 Å². The van der Waals surface area contributed by atoms with E-state index in [4.69, 9.17) is 44.3 Å². The maximum Gasteiger partial charge on any atom is 0.681 e. The van der Waals surface area contributed by atoms with Crippen LogP contribution in [0.5, 0.6) is 0 Å². The summed E-state index contributed by atoms with van der Waals surface area (Å²) in [5, 5.41) is 0. The molecule has 0 aliphatic rings. The average molecular weight is 645 g/mol. The smallest absolute Gasteiger partial charge is 0.397 e. The summed E-state index contributed by atoms with van der Waals surface area (Å²) in [6, 6.07) is 0. The van der Waals surface area contributed by atoms with E-state index in [1.165, 1.54) is 0 Å². The fourth-order valence-electron chi connectivity index (χ4n) is 3.34. The topological polar surface area (TPSA) is 92.3 Å². The van der Waals surface area contributed by atoms with Crippen molar-refractivity contribution in [2.45, 2.75) is 131 Å². The van der Waals surface area contributed by atoms with Crippen molar-refractivity contribution in [3.05, 3.63) is 0 Å². The largest absolute Gasteiger partial charge is 0.681 e. The Morgan fingerprint density at radius 2 is 0.732 bits per heavy atom. The second-order valence-corrected chi connectivity index (χ2v) is 16.2. The van der Waals surface area contributed by atoms with Gasteiger partial charge in [0.15, 0.2) is 5.91 Å². The van der Waals surface area contributed by atoms with Gasteiger partial charge in [-0.25, -0.2) is 0 Å². The second-order valence-electron chi connectivity index (χ2n) is 9.88. The minimum Gasteiger partial charge on any atom is -0.397 e. The van der Waals surface area contributed by atoms with Crippen molar-refractivity contribution < 1.29 is 44.3 Å². The third kappa shape index (κ3) is 19.3. The fourth-order valence-corrected chi connectivity index (χ4v) is 10.1. The lowest BCUT2D eigenvalue weighted by molar-refractivity contribution is -0.138. The first-order valence-corrected chi connectivity index (χ1v) is 21.2. The molecule has 1 unspecified atom stereocenters. The Hall–Kier alpha value is 0.251. The first kappa shape index (κ1) is 41.3. The highest BCUT2D eigenvalue weighted by Crippen LogP contribution is 2.25. The normalized spacial score (nSPS) is 13.4. The average Bonchev–Trinajstić information content (AvgIpc) is 2.96. The summed E-state index contributed by atoms with van der Waals surface area (Å²) in [6.07, 6.45) is 11.0. The van der Waals surface area contributed by atoms with Crippen molar-refractivity contribution in [2.75, 3.05) is 53.4 Å². The zero-order chi connectivity index (χ0) is 30.7. The number of unbranched alkanes of at least 4 members (excludes halogenated alkanes) is 6. The molecule has 0 heterocycles. The lowest BCUT2D eigenvalue weighted by Gasteiger charge is -2.37. The van der Waals surface area contributed by atoms with Gasteiger partial charge in [0.25, 0.3) is 0 Å². The minimum absolute atomic E-state index is 0.436. The van der Waals surface area contributed by atoms with Crippen molar-refractivity contribution in [3.8, 4) is 0 Å². The van der Waals surface area contributed by atoms with Crippen molar-refractivity contribution in [2.24, 2.45) is 0 Å². The van der Waals surface area contributed by atoms with E-state index in [0.717, 1.165) is 77.0 Å². The number of hydrogen-bond acceptors (Lipinski definition) is 10. The predicted molar refractivity (Wildman–Crippen MR) is 168 cm³/mol. The molecule has 0 aromatic carbocycles. The molecule has 0 radical (unpaired) electrons. The molecule has 0 rings (SSSR count). The summed E-state index contributed by atoms with van der Waals surface area (Å²) in [5.41, 5.74) is 0. The zero-order valence-corrected chi connectivity index (χ0v) is 30.8. The predicted octanol–water partition coefficient (Wildman–Crippen LogP) is 6.56. The van der Waals surface area contributed by atoms with Gasteiger partial charge in [-0.2, -0.15) is 0 Å². The van der Waals surface area contributed by atoms with Crippen LogP contribution in [0.15, 0.2) is 0 Å². The molecule has 0 saturated carbocycles. The molecule has 0 aromatic heterocycles. The van der Waals surface area contributed by atoms with Gasteiger partial charge in [-0.15, -0.1) is 0 Å². The zero-order valence-electron chi connectivity index (χ0n) is 27.7. The molecule has 1 atom stereocenters. The monoisotopic (exact) mass is 644 g/mol. The van der Waals surface area contributed by atoms with Crippen LogP contribution in [0.1, 0.15) is 126 Å². The van der Waals surface area contributed by atoms with E-state index in [1.54, 1.807) is 7.11 Å². The van der Waals surface area contributed by atoms with Gasteiger partial charge in [-0.3, -0.25) is 0 Å². The molecule has 0 N–H and O–H groups in total. The van der Waals surface area contributed by atoms with Gasteiger partial charge in [0, 0.05) is 53.4 Å².